The Labute approximate surface area is 115 Å². The Morgan fingerprint density at radius 2 is 2.00 bits per heavy atom. The van der Waals surface area contributed by atoms with Gasteiger partial charge in [-0.1, -0.05) is 17.7 Å². The van der Waals surface area contributed by atoms with Crippen molar-refractivity contribution in [3.05, 3.63) is 28.8 Å². The van der Waals surface area contributed by atoms with E-state index in [2.05, 4.69) is 29.7 Å². The molecule has 2 N–H and O–H groups in total. The van der Waals surface area contributed by atoms with E-state index in [4.69, 9.17) is 4.74 Å². The van der Waals surface area contributed by atoms with Gasteiger partial charge in [-0.05, 0) is 38.4 Å². The topological polar surface area (TPSA) is 50.4 Å². The van der Waals surface area contributed by atoms with Crippen LogP contribution in [0.15, 0.2) is 12.1 Å². The molecule has 0 bridgehead atoms. The van der Waals surface area contributed by atoms with Crippen molar-refractivity contribution in [3.8, 4) is 5.75 Å². The van der Waals surface area contributed by atoms with E-state index in [0.717, 1.165) is 23.3 Å². The highest BCUT2D eigenvalue weighted by molar-refractivity contribution is 5.76. The van der Waals surface area contributed by atoms with Crippen molar-refractivity contribution < 1.29 is 9.53 Å². The molecule has 0 aliphatic carbocycles. The van der Waals surface area contributed by atoms with Gasteiger partial charge in [-0.15, -0.1) is 0 Å². The summed E-state index contributed by atoms with van der Waals surface area (Å²) < 4.78 is 5.43. The molecule has 1 rings (SSSR count). The fraction of sp³-hybridized carbons (Fsp3) is 0.533. The van der Waals surface area contributed by atoms with Crippen molar-refractivity contribution in [2.45, 2.75) is 26.7 Å². The van der Waals surface area contributed by atoms with Crippen LogP contribution in [0.2, 0.25) is 0 Å². The summed E-state index contributed by atoms with van der Waals surface area (Å²) in [4.78, 5) is 11.5. The van der Waals surface area contributed by atoms with E-state index < -0.39 is 0 Å². The van der Waals surface area contributed by atoms with Crippen molar-refractivity contribution >= 4 is 5.91 Å². The summed E-state index contributed by atoms with van der Waals surface area (Å²) in [6.45, 7) is 5.46. The average molecular weight is 264 g/mol. The standard InChI is InChI=1S/C15H24N2O2/c1-11-9-12(2)15(19-4)13(10-11)5-8-17-14(18)6-7-16-3/h9-10,16H,5-8H2,1-4H3,(H,17,18). The normalized spacial score (nSPS) is 10.3. The lowest BCUT2D eigenvalue weighted by Crippen LogP contribution is -2.28. The second-order valence-corrected chi connectivity index (χ2v) is 4.73. The predicted molar refractivity (Wildman–Crippen MR) is 77.7 cm³/mol. The fourth-order valence-corrected chi connectivity index (χ4v) is 2.18. The molecule has 0 heterocycles. The second kappa shape index (κ2) is 7.79. The minimum absolute atomic E-state index is 0.0812. The van der Waals surface area contributed by atoms with Gasteiger partial charge in [0.15, 0.2) is 0 Å². The van der Waals surface area contributed by atoms with Gasteiger partial charge in [0.25, 0.3) is 0 Å². The number of methoxy groups -OCH3 is 1. The van der Waals surface area contributed by atoms with Gasteiger partial charge in [0.05, 0.1) is 7.11 Å². The number of carbonyl (C=O) groups excluding carboxylic acids is 1. The molecule has 0 atom stereocenters. The zero-order valence-corrected chi connectivity index (χ0v) is 12.3. The van der Waals surface area contributed by atoms with Gasteiger partial charge in [-0.2, -0.15) is 0 Å². The minimum Gasteiger partial charge on any atom is -0.496 e. The molecule has 106 valence electrons. The van der Waals surface area contributed by atoms with Crippen LogP contribution in [-0.4, -0.2) is 33.2 Å². The molecule has 0 fully saturated rings. The molecule has 4 heteroatoms. The molecule has 0 aliphatic heterocycles. The van der Waals surface area contributed by atoms with Crippen LogP contribution < -0.4 is 15.4 Å². The Balaban J connectivity index is 2.55. The predicted octanol–water partition coefficient (Wildman–Crippen LogP) is 1.58. The lowest BCUT2D eigenvalue weighted by Gasteiger charge is -2.13. The second-order valence-electron chi connectivity index (χ2n) is 4.73. The number of rotatable bonds is 7. The number of amides is 1. The Kier molecular flexibility index (Phi) is 6.36. The molecule has 1 amide bonds. The quantitative estimate of drug-likeness (QED) is 0.786. The van der Waals surface area contributed by atoms with Gasteiger partial charge in [-0.25, -0.2) is 0 Å². The monoisotopic (exact) mass is 264 g/mol. The maximum absolute atomic E-state index is 11.5. The largest absolute Gasteiger partial charge is 0.496 e. The number of ether oxygens (including phenoxy) is 1. The first-order valence-corrected chi connectivity index (χ1v) is 6.64. The average Bonchev–Trinajstić information content (AvgIpc) is 2.36. The summed E-state index contributed by atoms with van der Waals surface area (Å²) in [5.41, 5.74) is 3.50. The number of hydrogen-bond donors (Lipinski definition) is 2. The summed E-state index contributed by atoms with van der Waals surface area (Å²) in [7, 11) is 3.53. The van der Waals surface area contributed by atoms with E-state index >= 15 is 0 Å². The molecule has 0 unspecified atom stereocenters. The lowest BCUT2D eigenvalue weighted by atomic mass is 10.0. The maximum Gasteiger partial charge on any atom is 0.221 e. The van der Waals surface area contributed by atoms with Crippen LogP contribution in [0.5, 0.6) is 5.75 Å². The van der Waals surface area contributed by atoms with E-state index in [1.54, 1.807) is 7.11 Å². The van der Waals surface area contributed by atoms with Crippen molar-refractivity contribution in [1.29, 1.82) is 0 Å². The molecule has 0 spiro atoms. The lowest BCUT2D eigenvalue weighted by molar-refractivity contribution is -0.120. The first-order chi connectivity index (χ1) is 9.08. The van der Waals surface area contributed by atoms with Gasteiger partial charge in [0.2, 0.25) is 5.91 Å². The Morgan fingerprint density at radius 1 is 1.26 bits per heavy atom. The molecule has 0 radical (unpaired) electrons. The molecule has 1 aromatic carbocycles. The number of aryl methyl sites for hydroxylation is 2. The van der Waals surface area contributed by atoms with E-state index in [0.29, 0.717) is 19.5 Å². The SMILES string of the molecule is CNCCC(=O)NCCc1cc(C)cc(C)c1OC. The van der Waals surface area contributed by atoms with Crippen LogP contribution in [0, 0.1) is 13.8 Å². The highest BCUT2D eigenvalue weighted by Gasteiger charge is 2.08. The summed E-state index contributed by atoms with van der Waals surface area (Å²) in [5, 5.41) is 5.88. The van der Waals surface area contributed by atoms with E-state index in [9.17, 15) is 4.79 Å². The summed E-state index contributed by atoms with van der Waals surface area (Å²) >= 11 is 0. The van der Waals surface area contributed by atoms with Crippen molar-refractivity contribution in [2.24, 2.45) is 0 Å². The molecule has 4 nitrogen and oxygen atoms in total. The third-order valence-corrected chi connectivity index (χ3v) is 3.02. The molecule has 19 heavy (non-hydrogen) atoms. The van der Waals surface area contributed by atoms with Gasteiger partial charge >= 0.3 is 0 Å². The summed E-state index contributed by atoms with van der Waals surface area (Å²) in [6.07, 6.45) is 1.30. The van der Waals surface area contributed by atoms with Crippen LogP contribution in [0.1, 0.15) is 23.1 Å². The Bertz CT molecular complexity index is 430. The maximum atomic E-state index is 11.5. The molecule has 0 aromatic heterocycles. The zero-order chi connectivity index (χ0) is 14.3. The van der Waals surface area contributed by atoms with Crippen molar-refractivity contribution in [2.75, 3.05) is 27.2 Å². The van der Waals surface area contributed by atoms with Gasteiger partial charge in [0, 0.05) is 19.5 Å². The van der Waals surface area contributed by atoms with E-state index in [1.807, 2.05) is 14.0 Å². The van der Waals surface area contributed by atoms with Gasteiger partial charge in [-0.3, -0.25) is 4.79 Å². The molecular weight excluding hydrogens is 240 g/mol. The van der Waals surface area contributed by atoms with Crippen LogP contribution in [0.3, 0.4) is 0 Å². The third-order valence-electron chi connectivity index (χ3n) is 3.02. The zero-order valence-electron chi connectivity index (χ0n) is 12.3. The highest BCUT2D eigenvalue weighted by atomic mass is 16.5. The van der Waals surface area contributed by atoms with Crippen molar-refractivity contribution in [3.63, 3.8) is 0 Å². The van der Waals surface area contributed by atoms with Crippen LogP contribution in [-0.2, 0) is 11.2 Å². The first-order valence-electron chi connectivity index (χ1n) is 6.64. The third kappa shape index (κ3) is 4.91. The van der Waals surface area contributed by atoms with Gasteiger partial charge in [0.1, 0.15) is 5.75 Å². The summed E-state index contributed by atoms with van der Waals surface area (Å²) in [5.74, 6) is 1.01. The number of carbonyl (C=O) groups is 1. The number of nitrogens with one attached hydrogen (secondary N) is 2. The van der Waals surface area contributed by atoms with Gasteiger partial charge < -0.3 is 15.4 Å². The first kappa shape index (κ1) is 15.5. The molecule has 1 aromatic rings. The molecular formula is C15H24N2O2. The van der Waals surface area contributed by atoms with Crippen LogP contribution in [0.25, 0.3) is 0 Å². The highest BCUT2D eigenvalue weighted by Crippen LogP contribution is 2.25. The smallest absolute Gasteiger partial charge is 0.221 e. The van der Waals surface area contributed by atoms with Crippen molar-refractivity contribution in [1.82, 2.24) is 10.6 Å². The molecule has 0 saturated carbocycles. The summed E-state index contributed by atoms with van der Waals surface area (Å²) in [6, 6.07) is 4.22. The fourth-order valence-electron chi connectivity index (χ4n) is 2.18. The van der Waals surface area contributed by atoms with E-state index in [1.165, 1.54) is 5.56 Å². The molecule has 0 saturated heterocycles. The molecule has 0 aliphatic rings. The van der Waals surface area contributed by atoms with Crippen LogP contribution in [0.4, 0.5) is 0 Å². The minimum atomic E-state index is 0.0812. The number of benzene rings is 1. The van der Waals surface area contributed by atoms with E-state index in [-0.39, 0.29) is 5.91 Å². The number of hydrogen-bond acceptors (Lipinski definition) is 3. The Morgan fingerprint density at radius 3 is 2.63 bits per heavy atom. The van der Waals surface area contributed by atoms with Crippen LogP contribution >= 0.6 is 0 Å². The Hall–Kier alpha value is -1.55.